The number of benzene rings is 3. The molecule has 3 aromatic rings. The first-order chi connectivity index (χ1) is 16.7. The summed E-state index contributed by atoms with van der Waals surface area (Å²) in [7, 11) is -2.59. The van der Waals surface area contributed by atoms with Gasteiger partial charge in [-0.3, -0.25) is 9.59 Å². The molecule has 0 unspecified atom stereocenters. The predicted octanol–water partition coefficient (Wildman–Crippen LogP) is 2.99. The fourth-order valence-electron chi connectivity index (χ4n) is 2.99. The van der Waals surface area contributed by atoms with Crippen LogP contribution in [0.2, 0.25) is 0 Å². The number of carbonyl (C=O) groups is 2. The molecule has 0 fully saturated rings. The Bertz CT molecular complexity index is 1280. The van der Waals surface area contributed by atoms with E-state index in [0.717, 1.165) is 15.4 Å². The standard InChI is InChI=1S/C25H26N4O5S/c1-19(30)27-22-10-14-24(15-11-22)35(32,33)29(2)17-25(31)28-26-16-20-8-12-23(13-9-20)34-18-21-6-4-3-5-7-21/h3-16H,17-18H2,1-2H3,(H,27,30)(H,28,31)/b26-16-. The third-order valence-corrected chi connectivity index (χ3v) is 6.60. The molecule has 9 nitrogen and oxygen atoms in total. The van der Waals surface area contributed by atoms with Crippen LogP contribution in [-0.4, -0.2) is 44.3 Å². The van der Waals surface area contributed by atoms with Crippen molar-refractivity contribution < 1.29 is 22.7 Å². The zero-order chi connectivity index (χ0) is 25.3. The van der Waals surface area contributed by atoms with Crippen molar-refractivity contribution in [1.29, 1.82) is 0 Å². The van der Waals surface area contributed by atoms with Crippen molar-refractivity contribution in [2.75, 3.05) is 18.9 Å². The van der Waals surface area contributed by atoms with Gasteiger partial charge in [-0.25, -0.2) is 13.8 Å². The molecule has 0 aromatic heterocycles. The Balaban J connectivity index is 1.48. The lowest BCUT2D eigenvalue weighted by Crippen LogP contribution is -2.36. The second kappa shape index (κ2) is 11.9. The smallest absolute Gasteiger partial charge is 0.255 e. The van der Waals surface area contributed by atoms with Crippen LogP contribution in [0.5, 0.6) is 5.75 Å². The van der Waals surface area contributed by atoms with Crippen LogP contribution in [0.1, 0.15) is 18.1 Å². The van der Waals surface area contributed by atoms with Gasteiger partial charge in [0.25, 0.3) is 5.91 Å². The minimum absolute atomic E-state index is 0.0000219. The van der Waals surface area contributed by atoms with Crippen molar-refractivity contribution in [3.05, 3.63) is 90.0 Å². The number of ether oxygens (including phenoxy) is 1. The van der Waals surface area contributed by atoms with Crippen LogP contribution in [-0.2, 0) is 26.2 Å². The molecule has 0 heterocycles. The first kappa shape index (κ1) is 25.6. The predicted molar refractivity (Wildman–Crippen MR) is 134 cm³/mol. The Kier molecular flexibility index (Phi) is 8.71. The quantitative estimate of drug-likeness (QED) is 0.332. The van der Waals surface area contributed by atoms with Crippen molar-refractivity contribution in [2.24, 2.45) is 5.10 Å². The highest BCUT2D eigenvalue weighted by Gasteiger charge is 2.22. The minimum atomic E-state index is -3.89. The zero-order valence-corrected chi connectivity index (χ0v) is 20.2. The van der Waals surface area contributed by atoms with Crippen molar-refractivity contribution in [3.8, 4) is 5.75 Å². The number of rotatable bonds is 10. The van der Waals surface area contributed by atoms with E-state index in [9.17, 15) is 18.0 Å². The zero-order valence-electron chi connectivity index (χ0n) is 19.3. The van der Waals surface area contributed by atoms with Crippen LogP contribution in [0.4, 0.5) is 5.69 Å². The highest BCUT2D eigenvalue weighted by atomic mass is 32.2. The number of sulfonamides is 1. The highest BCUT2D eigenvalue weighted by molar-refractivity contribution is 7.89. The molecule has 2 amide bonds. The summed E-state index contributed by atoms with van der Waals surface area (Å²) in [5, 5.41) is 6.45. The Morgan fingerprint density at radius 2 is 1.63 bits per heavy atom. The summed E-state index contributed by atoms with van der Waals surface area (Å²) < 4.78 is 32.0. The monoisotopic (exact) mass is 494 g/mol. The topological polar surface area (TPSA) is 117 Å². The van der Waals surface area contributed by atoms with Crippen molar-refractivity contribution in [3.63, 3.8) is 0 Å². The van der Waals surface area contributed by atoms with Crippen molar-refractivity contribution in [2.45, 2.75) is 18.4 Å². The van der Waals surface area contributed by atoms with Gasteiger partial charge in [0.05, 0.1) is 17.7 Å². The molecule has 0 bridgehead atoms. The van der Waals surface area contributed by atoms with Gasteiger partial charge in [0.2, 0.25) is 15.9 Å². The first-order valence-corrected chi connectivity index (χ1v) is 12.1. The number of carbonyl (C=O) groups excluding carboxylic acids is 2. The molecule has 35 heavy (non-hydrogen) atoms. The summed E-state index contributed by atoms with van der Waals surface area (Å²) in [5.41, 5.74) is 4.60. The lowest BCUT2D eigenvalue weighted by Gasteiger charge is -2.16. The maximum Gasteiger partial charge on any atom is 0.255 e. The van der Waals surface area contributed by atoms with E-state index in [2.05, 4.69) is 15.8 Å². The van der Waals surface area contributed by atoms with Gasteiger partial charge in [0.1, 0.15) is 12.4 Å². The normalized spacial score (nSPS) is 11.4. The first-order valence-electron chi connectivity index (χ1n) is 10.7. The summed E-state index contributed by atoms with van der Waals surface area (Å²) in [5.74, 6) is -0.153. The number of nitrogens with one attached hydrogen (secondary N) is 2. The Labute approximate surface area is 204 Å². The molecule has 0 saturated heterocycles. The molecule has 0 aliphatic carbocycles. The largest absolute Gasteiger partial charge is 0.489 e. The molecule has 3 aromatic carbocycles. The number of anilines is 1. The van der Waals surface area contributed by atoms with E-state index in [0.29, 0.717) is 18.0 Å². The van der Waals surface area contributed by atoms with E-state index in [1.807, 2.05) is 30.3 Å². The van der Waals surface area contributed by atoms with Crippen LogP contribution in [0.15, 0.2) is 88.9 Å². The number of likely N-dealkylation sites (N-methyl/N-ethyl adjacent to an activating group) is 1. The van der Waals surface area contributed by atoms with Gasteiger partial charge in [-0.05, 0) is 59.7 Å². The van der Waals surface area contributed by atoms with Crippen LogP contribution in [0, 0.1) is 0 Å². The third kappa shape index (κ3) is 7.76. The molecule has 0 radical (unpaired) electrons. The van der Waals surface area contributed by atoms with Crippen molar-refractivity contribution >= 4 is 33.7 Å². The van der Waals surface area contributed by atoms with Gasteiger partial charge < -0.3 is 10.1 Å². The number of amides is 2. The molecular formula is C25H26N4O5S. The van der Waals surface area contributed by atoms with Gasteiger partial charge in [-0.2, -0.15) is 9.41 Å². The maximum absolute atomic E-state index is 12.7. The summed E-state index contributed by atoms with van der Waals surface area (Å²) >= 11 is 0. The SMILES string of the molecule is CC(=O)Nc1ccc(S(=O)(=O)N(C)CC(=O)N/N=C\c2ccc(OCc3ccccc3)cc2)cc1. The maximum atomic E-state index is 12.7. The van der Waals surface area contributed by atoms with E-state index >= 15 is 0 Å². The van der Waals surface area contributed by atoms with Crippen LogP contribution < -0.4 is 15.5 Å². The second-order valence-electron chi connectivity index (χ2n) is 7.60. The number of hydrazone groups is 1. The fourth-order valence-corrected chi connectivity index (χ4v) is 4.11. The average molecular weight is 495 g/mol. The summed E-state index contributed by atoms with van der Waals surface area (Å²) in [6.07, 6.45) is 1.45. The molecule has 3 rings (SSSR count). The molecule has 0 saturated carbocycles. The average Bonchev–Trinajstić information content (AvgIpc) is 2.84. The Morgan fingerprint density at radius 3 is 2.26 bits per heavy atom. The minimum Gasteiger partial charge on any atom is -0.489 e. The Hall–Kier alpha value is -4.02. The fraction of sp³-hybridized carbons (Fsp3) is 0.160. The van der Waals surface area contributed by atoms with Gasteiger partial charge >= 0.3 is 0 Å². The Morgan fingerprint density at radius 1 is 0.971 bits per heavy atom. The molecule has 0 atom stereocenters. The highest BCUT2D eigenvalue weighted by Crippen LogP contribution is 2.17. The lowest BCUT2D eigenvalue weighted by atomic mass is 10.2. The number of hydrogen-bond acceptors (Lipinski definition) is 6. The van der Waals surface area contributed by atoms with E-state index in [4.69, 9.17) is 4.74 Å². The number of nitrogens with zero attached hydrogens (tertiary/aromatic N) is 2. The summed E-state index contributed by atoms with van der Waals surface area (Å²) in [6, 6.07) is 22.7. The molecule has 2 N–H and O–H groups in total. The van der Waals surface area contributed by atoms with Gasteiger partial charge in [0, 0.05) is 19.7 Å². The van der Waals surface area contributed by atoms with Gasteiger partial charge in [0.15, 0.2) is 0 Å². The third-order valence-electron chi connectivity index (χ3n) is 4.78. The molecular weight excluding hydrogens is 468 g/mol. The van der Waals surface area contributed by atoms with E-state index in [1.165, 1.54) is 44.5 Å². The molecule has 182 valence electrons. The summed E-state index contributed by atoms with van der Waals surface area (Å²) in [6.45, 7) is 1.40. The van der Waals surface area contributed by atoms with E-state index in [1.54, 1.807) is 24.3 Å². The van der Waals surface area contributed by atoms with Crippen molar-refractivity contribution in [1.82, 2.24) is 9.73 Å². The summed E-state index contributed by atoms with van der Waals surface area (Å²) in [4.78, 5) is 23.3. The van der Waals surface area contributed by atoms with E-state index < -0.39 is 22.5 Å². The van der Waals surface area contributed by atoms with E-state index in [-0.39, 0.29) is 10.8 Å². The lowest BCUT2D eigenvalue weighted by molar-refractivity contribution is -0.121. The molecule has 10 heteroatoms. The molecule has 0 aliphatic heterocycles. The second-order valence-corrected chi connectivity index (χ2v) is 9.65. The van der Waals surface area contributed by atoms with Gasteiger partial charge in [-0.15, -0.1) is 0 Å². The molecule has 0 spiro atoms. The van der Waals surface area contributed by atoms with Crippen LogP contribution in [0.25, 0.3) is 0 Å². The van der Waals surface area contributed by atoms with Gasteiger partial charge in [-0.1, -0.05) is 30.3 Å². The van der Waals surface area contributed by atoms with Crippen LogP contribution >= 0.6 is 0 Å². The van der Waals surface area contributed by atoms with Crippen LogP contribution in [0.3, 0.4) is 0 Å². The molecule has 0 aliphatic rings. The number of hydrogen-bond donors (Lipinski definition) is 2.